The first-order valence-corrected chi connectivity index (χ1v) is 10.2. The summed E-state index contributed by atoms with van der Waals surface area (Å²) < 4.78 is 0. The molecule has 1 aliphatic heterocycles. The first-order valence-electron chi connectivity index (χ1n) is 9.15. The molecular formula is C21H24N2O4S. The first-order chi connectivity index (χ1) is 13.5. The lowest BCUT2D eigenvalue weighted by Gasteiger charge is -2.32. The Hall–Kier alpha value is -2.51. The summed E-state index contributed by atoms with van der Waals surface area (Å²) in [4.78, 5) is 28.8. The van der Waals surface area contributed by atoms with Crippen molar-refractivity contribution in [2.45, 2.75) is 24.9 Å². The van der Waals surface area contributed by atoms with E-state index in [1.54, 1.807) is 29.2 Å². The van der Waals surface area contributed by atoms with Gasteiger partial charge in [-0.15, -0.1) is 11.8 Å². The van der Waals surface area contributed by atoms with Gasteiger partial charge < -0.3 is 20.0 Å². The number of amides is 2. The molecule has 1 aliphatic rings. The van der Waals surface area contributed by atoms with Gasteiger partial charge in [0.1, 0.15) is 17.2 Å². The normalized spacial score (nSPS) is 18.9. The Morgan fingerprint density at radius 1 is 1.14 bits per heavy atom. The van der Waals surface area contributed by atoms with Crippen molar-refractivity contribution in [1.29, 1.82) is 0 Å². The number of aliphatic hydroxyl groups excluding tert-OH is 1. The van der Waals surface area contributed by atoms with Crippen LogP contribution in [0.15, 0.2) is 54.6 Å². The predicted molar refractivity (Wildman–Crippen MR) is 109 cm³/mol. The summed E-state index contributed by atoms with van der Waals surface area (Å²) in [5.41, 5.74) is 1.58. The quantitative estimate of drug-likeness (QED) is 0.778. The summed E-state index contributed by atoms with van der Waals surface area (Å²) in [5.74, 6) is 0.128. The molecule has 3 rings (SSSR count). The summed E-state index contributed by atoms with van der Waals surface area (Å²) in [6, 6.07) is 15.8. The van der Waals surface area contributed by atoms with E-state index in [9.17, 15) is 19.8 Å². The molecule has 148 valence electrons. The van der Waals surface area contributed by atoms with Crippen molar-refractivity contribution in [2.24, 2.45) is 0 Å². The Bertz CT molecular complexity index is 830. The topological polar surface area (TPSA) is 81.1 Å². The highest BCUT2D eigenvalue weighted by atomic mass is 32.2. The number of phenolic OH excluding ortho intramolecular Hbond substituents is 1. The number of carbonyl (C=O) groups is 2. The molecule has 6 nitrogen and oxygen atoms in total. The summed E-state index contributed by atoms with van der Waals surface area (Å²) in [7, 11) is 0. The van der Waals surface area contributed by atoms with E-state index < -0.39 is 11.4 Å². The highest BCUT2D eigenvalue weighted by Gasteiger charge is 2.43. The van der Waals surface area contributed by atoms with E-state index in [-0.39, 0.29) is 30.7 Å². The van der Waals surface area contributed by atoms with Crippen molar-refractivity contribution in [3.8, 4) is 5.75 Å². The second kappa shape index (κ2) is 9.12. The number of nitrogens with zero attached hydrogens (tertiary/aromatic N) is 2. The molecule has 2 unspecified atom stereocenters. The molecule has 1 heterocycles. The van der Waals surface area contributed by atoms with Crippen LogP contribution < -0.4 is 0 Å². The monoisotopic (exact) mass is 400 g/mol. The van der Waals surface area contributed by atoms with E-state index >= 15 is 0 Å². The van der Waals surface area contributed by atoms with E-state index in [1.807, 2.05) is 30.3 Å². The van der Waals surface area contributed by atoms with Crippen LogP contribution in [0.2, 0.25) is 0 Å². The van der Waals surface area contributed by atoms with E-state index in [0.717, 1.165) is 5.56 Å². The number of benzene rings is 2. The van der Waals surface area contributed by atoms with Crippen LogP contribution in [0.1, 0.15) is 23.4 Å². The molecule has 1 fully saturated rings. The van der Waals surface area contributed by atoms with E-state index in [4.69, 9.17) is 0 Å². The highest BCUT2D eigenvalue weighted by Crippen LogP contribution is 2.44. The van der Waals surface area contributed by atoms with Crippen molar-refractivity contribution < 1.29 is 19.8 Å². The minimum absolute atomic E-state index is 0.107. The molecule has 2 amide bonds. The van der Waals surface area contributed by atoms with Crippen molar-refractivity contribution in [1.82, 2.24) is 9.80 Å². The molecule has 0 bridgehead atoms. The molecule has 0 saturated carbocycles. The van der Waals surface area contributed by atoms with Gasteiger partial charge in [-0.3, -0.25) is 9.59 Å². The Morgan fingerprint density at radius 2 is 1.82 bits per heavy atom. The Kier molecular flexibility index (Phi) is 6.59. The smallest absolute Gasteiger partial charge is 0.246 e. The number of rotatable bonds is 6. The summed E-state index contributed by atoms with van der Waals surface area (Å²) in [5, 5.41) is 19.2. The zero-order chi connectivity index (χ0) is 20.1. The SMILES string of the molecule is CC(=O)N1C(C(=O)N(CCO)Cc2ccccc2)CSC1c1ccccc1O. The summed E-state index contributed by atoms with van der Waals surface area (Å²) in [6.07, 6.45) is 0. The third-order valence-corrected chi connectivity index (χ3v) is 6.05. The zero-order valence-electron chi connectivity index (χ0n) is 15.7. The molecule has 2 N–H and O–H groups in total. The number of aromatic hydroxyl groups is 1. The number of carbonyl (C=O) groups excluding carboxylic acids is 2. The van der Waals surface area contributed by atoms with Crippen molar-refractivity contribution >= 4 is 23.6 Å². The Morgan fingerprint density at radius 3 is 2.46 bits per heavy atom. The van der Waals surface area contributed by atoms with Crippen molar-refractivity contribution in [3.63, 3.8) is 0 Å². The molecule has 0 spiro atoms. The van der Waals surface area contributed by atoms with Crippen LogP contribution in [0.25, 0.3) is 0 Å². The van der Waals surface area contributed by atoms with Crippen LogP contribution in [-0.4, -0.2) is 56.8 Å². The maximum Gasteiger partial charge on any atom is 0.246 e. The lowest BCUT2D eigenvalue weighted by Crippen LogP contribution is -2.49. The number of hydrogen-bond donors (Lipinski definition) is 2. The van der Waals surface area contributed by atoms with Crippen molar-refractivity contribution in [2.75, 3.05) is 18.9 Å². The zero-order valence-corrected chi connectivity index (χ0v) is 16.5. The fraction of sp³-hybridized carbons (Fsp3) is 0.333. The fourth-order valence-electron chi connectivity index (χ4n) is 3.42. The molecule has 7 heteroatoms. The first kappa shape index (κ1) is 20.2. The average molecular weight is 401 g/mol. The van der Waals surface area contributed by atoms with Crippen LogP contribution in [0.4, 0.5) is 0 Å². The molecule has 0 aromatic heterocycles. The van der Waals surface area contributed by atoms with E-state index in [2.05, 4.69) is 0 Å². The third kappa shape index (κ3) is 4.31. The lowest BCUT2D eigenvalue weighted by molar-refractivity contribution is -0.144. The average Bonchev–Trinajstić information content (AvgIpc) is 3.13. The van der Waals surface area contributed by atoms with E-state index in [0.29, 0.717) is 17.9 Å². The van der Waals surface area contributed by atoms with Crippen LogP contribution in [0.5, 0.6) is 5.75 Å². The van der Waals surface area contributed by atoms with Crippen LogP contribution in [-0.2, 0) is 16.1 Å². The van der Waals surface area contributed by atoms with Crippen LogP contribution in [0.3, 0.4) is 0 Å². The number of hydrogen-bond acceptors (Lipinski definition) is 5. The Labute approximate surface area is 168 Å². The largest absolute Gasteiger partial charge is 0.508 e. The van der Waals surface area contributed by atoms with Gasteiger partial charge in [-0.1, -0.05) is 48.5 Å². The lowest BCUT2D eigenvalue weighted by atomic mass is 10.1. The number of para-hydroxylation sites is 1. The second-order valence-corrected chi connectivity index (χ2v) is 7.77. The molecule has 2 atom stereocenters. The minimum atomic E-state index is -0.637. The molecule has 2 aromatic carbocycles. The van der Waals surface area contributed by atoms with Gasteiger partial charge in [0.05, 0.1) is 6.61 Å². The van der Waals surface area contributed by atoms with Crippen LogP contribution >= 0.6 is 11.8 Å². The maximum atomic E-state index is 13.3. The van der Waals surface area contributed by atoms with Gasteiger partial charge in [0.25, 0.3) is 0 Å². The third-order valence-electron chi connectivity index (χ3n) is 4.75. The second-order valence-electron chi connectivity index (χ2n) is 6.66. The number of thioether (sulfide) groups is 1. The van der Waals surface area contributed by atoms with E-state index in [1.165, 1.54) is 23.6 Å². The van der Waals surface area contributed by atoms with Gasteiger partial charge >= 0.3 is 0 Å². The summed E-state index contributed by atoms with van der Waals surface area (Å²) in [6.45, 7) is 1.85. The molecule has 2 aromatic rings. The Balaban J connectivity index is 1.84. The van der Waals surface area contributed by atoms with Gasteiger partial charge in [-0.05, 0) is 11.6 Å². The summed E-state index contributed by atoms with van der Waals surface area (Å²) >= 11 is 1.46. The number of phenols is 1. The van der Waals surface area contributed by atoms with Crippen molar-refractivity contribution in [3.05, 3.63) is 65.7 Å². The molecular weight excluding hydrogens is 376 g/mol. The van der Waals surface area contributed by atoms with Gasteiger partial charge in [0, 0.05) is 31.3 Å². The van der Waals surface area contributed by atoms with Gasteiger partial charge in [-0.2, -0.15) is 0 Å². The predicted octanol–water partition coefficient (Wildman–Crippen LogP) is 2.38. The molecule has 0 aliphatic carbocycles. The molecule has 28 heavy (non-hydrogen) atoms. The van der Waals surface area contributed by atoms with Gasteiger partial charge in [0.15, 0.2) is 0 Å². The van der Waals surface area contributed by atoms with Crippen LogP contribution in [0, 0.1) is 0 Å². The highest BCUT2D eigenvalue weighted by molar-refractivity contribution is 7.99. The fourth-order valence-corrected chi connectivity index (χ4v) is 4.92. The maximum absolute atomic E-state index is 13.3. The molecule has 1 saturated heterocycles. The molecule has 0 radical (unpaired) electrons. The standard InChI is InChI=1S/C21H24N2O4S/c1-15(25)23-18(14-28-21(23)17-9-5-6-10-19(17)26)20(27)22(11-12-24)13-16-7-3-2-4-8-16/h2-10,18,21,24,26H,11-14H2,1H3. The van der Waals surface area contributed by atoms with Gasteiger partial charge in [0.2, 0.25) is 11.8 Å². The minimum Gasteiger partial charge on any atom is -0.508 e. The number of aliphatic hydroxyl groups is 1. The van der Waals surface area contributed by atoms with Gasteiger partial charge in [-0.25, -0.2) is 0 Å².